The third kappa shape index (κ3) is 4.62. The number of hydrogen-bond acceptors (Lipinski definition) is 4. The zero-order valence-corrected chi connectivity index (χ0v) is 11.6. The number of hydrogen-bond donors (Lipinski definition) is 1. The van der Waals surface area contributed by atoms with Gasteiger partial charge in [0.2, 0.25) is 5.91 Å². The molecule has 0 saturated heterocycles. The molecule has 1 aromatic rings. The van der Waals surface area contributed by atoms with Crippen LogP contribution >= 0.6 is 0 Å². The van der Waals surface area contributed by atoms with Crippen LogP contribution in [0.25, 0.3) is 6.08 Å². The highest BCUT2D eigenvalue weighted by atomic mass is 16.5. The van der Waals surface area contributed by atoms with Crippen molar-refractivity contribution in [2.45, 2.75) is 20.8 Å². The van der Waals surface area contributed by atoms with Gasteiger partial charge in [0.15, 0.2) is 0 Å². The van der Waals surface area contributed by atoms with Gasteiger partial charge >= 0.3 is 5.97 Å². The molecule has 0 aliphatic rings. The number of esters is 1. The molecule has 1 aromatic heterocycles. The smallest absolute Gasteiger partial charge is 0.313 e. The van der Waals surface area contributed by atoms with Crippen LogP contribution in [0.2, 0.25) is 0 Å². The third-order valence-electron chi connectivity index (χ3n) is 2.60. The van der Waals surface area contributed by atoms with Crippen molar-refractivity contribution in [3.8, 4) is 0 Å². The van der Waals surface area contributed by atoms with E-state index in [9.17, 15) is 9.59 Å². The lowest BCUT2D eigenvalue weighted by molar-refractivity contribution is -0.150. The van der Waals surface area contributed by atoms with E-state index in [1.807, 2.05) is 13.0 Å². The Labute approximate surface area is 112 Å². The Morgan fingerprint density at radius 2 is 2.11 bits per heavy atom. The van der Waals surface area contributed by atoms with Crippen LogP contribution in [0.15, 0.2) is 22.6 Å². The molecule has 5 nitrogen and oxygen atoms in total. The summed E-state index contributed by atoms with van der Waals surface area (Å²) in [5.41, 5.74) is -0.750. The molecule has 0 saturated carbocycles. The Morgan fingerprint density at radius 3 is 2.63 bits per heavy atom. The minimum atomic E-state index is -0.750. The van der Waals surface area contributed by atoms with E-state index in [2.05, 4.69) is 10.1 Å². The summed E-state index contributed by atoms with van der Waals surface area (Å²) < 4.78 is 9.95. The van der Waals surface area contributed by atoms with Gasteiger partial charge in [0.1, 0.15) is 11.5 Å². The van der Waals surface area contributed by atoms with E-state index in [0.717, 1.165) is 5.76 Å². The number of furan rings is 1. The molecule has 0 aliphatic carbocycles. The molecule has 0 bridgehead atoms. The average Bonchev–Trinajstić information content (AvgIpc) is 2.78. The Kier molecular flexibility index (Phi) is 4.92. The molecule has 0 radical (unpaired) electrons. The van der Waals surface area contributed by atoms with E-state index in [0.29, 0.717) is 5.76 Å². The van der Waals surface area contributed by atoms with Crippen LogP contribution in [0.3, 0.4) is 0 Å². The Hall–Kier alpha value is -2.04. The maximum atomic E-state index is 11.6. The van der Waals surface area contributed by atoms with Crippen molar-refractivity contribution in [2.75, 3.05) is 13.7 Å². The summed E-state index contributed by atoms with van der Waals surface area (Å²) in [5, 5.41) is 2.65. The van der Waals surface area contributed by atoms with E-state index >= 15 is 0 Å². The first-order chi connectivity index (χ1) is 8.85. The maximum Gasteiger partial charge on any atom is 0.313 e. The van der Waals surface area contributed by atoms with Gasteiger partial charge in [-0.15, -0.1) is 0 Å². The topological polar surface area (TPSA) is 68.5 Å². The van der Waals surface area contributed by atoms with Crippen molar-refractivity contribution < 1.29 is 18.7 Å². The summed E-state index contributed by atoms with van der Waals surface area (Å²) >= 11 is 0. The lowest BCUT2D eigenvalue weighted by atomic mass is 9.94. The molecule has 0 aromatic carbocycles. The van der Waals surface area contributed by atoms with E-state index < -0.39 is 5.41 Å². The monoisotopic (exact) mass is 265 g/mol. The van der Waals surface area contributed by atoms with Crippen molar-refractivity contribution in [3.05, 3.63) is 29.7 Å². The van der Waals surface area contributed by atoms with Gasteiger partial charge in [-0.25, -0.2) is 0 Å². The molecule has 104 valence electrons. The lowest BCUT2D eigenvalue weighted by Crippen LogP contribution is -2.39. The predicted octanol–water partition coefficient (Wildman–Crippen LogP) is 1.92. The number of methoxy groups -OCH3 is 1. The highest BCUT2D eigenvalue weighted by Crippen LogP contribution is 2.15. The van der Waals surface area contributed by atoms with Crippen LogP contribution in [-0.4, -0.2) is 25.5 Å². The molecule has 1 heterocycles. The summed E-state index contributed by atoms with van der Waals surface area (Å²) in [6.45, 7) is 5.45. The molecule has 1 amide bonds. The first-order valence-electron chi connectivity index (χ1n) is 5.96. The SMILES string of the molecule is COC(=O)C(C)(C)CNC(=O)/C=C/c1ccc(C)o1. The quantitative estimate of drug-likeness (QED) is 0.652. The van der Waals surface area contributed by atoms with E-state index in [4.69, 9.17) is 4.42 Å². The van der Waals surface area contributed by atoms with Gasteiger partial charge in [0, 0.05) is 12.6 Å². The predicted molar refractivity (Wildman–Crippen MR) is 71.3 cm³/mol. The van der Waals surface area contributed by atoms with Crippen LogP contribution in [0.4, 0.5) is 0 Å². The summed E-state index contributed by atoms with van der Waals surface area (Å²) in [6, 6.07) is 3.59. The summed E-state index contributed by atoms with van der Waals surface area (Å²) in [7, 11) is 1.32. The number of amides is 1. The summed E-state index contributed by atoms with van der Waals surface area (Å²) in [5.74, 6) is 0.747. The first kappa shape index (κ1) is 15.0. The van der Waals surface area contributed by atoms with E-state index in [-0.39, 0.29) is 18.4 Å². The first-order valence-corrected chi connectivity index (χ1v) is 5.96. The minimum absolute atomic E-state index is 0.208. The number of ether oxygens (including phenoxy) is 1. The standard InChI is InChI=1S/C14H19NO4/c1-10-5-6-11(19-10)7-8-12(16)15-9-14(2,3)13(17)18-4/h5-8H,9H2,1-4H3,(H,15,16)/b8-7+. The van der Waals surface area contributed by atoms with E-state index in [1.165, 1.54) is 13.2 Å². The number of aryl methyl sites for hydroxylation is 1. The highest BCUT2D eigenvalue weighted by molar-refractivity contribution is 5.91. The van der Waals surface area contributed by atoms with Crippen LogP contribution in [-0.2, 0) is 14.3 Å². The minimum Gasteiger partial charge on any atom is -0.469 e. The van der Waals surface area contributed by atoms with Crippen molar-refractivity contribution in [1.82, 2.24) is 5.32 Å². The molecule has 5 heteroatoms. The molecule has 0 spiro atoms. The zero-order valence-electron chi connectivity index (χ0n) is 11.6. The molecule has 1 rings (SSSR count). The highest BCUT2D eigenvalue weighted by Gasteiger charge is 2.28. The number of nitrogens with one attached hydrogen (secondary N) is 1. The number of carbonyl (C=O) groups excluding carboxylic acids is 2. The van der Waals surface area contributed by atoms with Gasteiger partial charge in [0.05, 0.1) is 12.5 Å². The zero-order chi connectivity index (χ0) is 14.5. The van der Waals surface area contributed by atoms with Gasteiger partial charge in [-0.05, 0) is 39.0 Å². The van der Waals surface area contributed by atoms with Crippen molar-refractivity contribution in [3.63, 3.8) is 0 Å². The van der Waals surface area contributed by atoms with Gasteiger partial charge < -0.3 is 14.5 Å². The molecule has 0 fully saturated rings. The second kappa shape index (κ2) is 6.22. The van der Waals surface area contributed by atoms with Crippen LogP contribution in [0, 0.1) is 12.3 Å². The molecule has 1 N–H and O–H groups in total. The fourth-order valence-corrected chi connectivity index (χ4v) is 1.42. The largest absolute Gasteiger partial charge is 0.469 e. The second-order valence-electron chi connectivity index (χ2n) is 4.88. The normalized spacial score (nSPS) is 11.6. The van der Waals surface area contributed by atoms with Crippen molar-refractivity contribution in [1.29, 1.82) is 0 Å². The van der Waals surface area contributed by atoms with Gasteiger partial charge in [-0.3, -0.25) is 9.59 Å². The fourth-order valence-electron chi connectivity index (χ4n) is 1.42. The summed E-state index contributed by atoms with van der Waals surface area (Å²) in [6.07, 6.45) is 2.94. The van der Waals surface area contributed by atoms with Crippen molar-refractivity contribution in [2.24, 2.45) is 5.41 Å². The van der Waals surface area contributed by atoms with Crippen LogP contribution in [0.1, 0.15) is 25.4 Å². The van der Waals surface area contributed by atoms with Gasteiger partial charge in [-0.2, -0.15) is 0 Å². The molecule has 0 atom stereocenters. The lowest BCUT2D eigenvalue weighted by Gasteiger charge is -2.21. The molecular weight excluding hydrogens is 246 g/mol. The fraction of sp³-hybridized carbons (Fsp3) is 0.429. The Bertz CT molecular complexity index is 485. The van der Waals surface area contributed by atoms with Crippen LogP contribution < -0.4 is 5.32 Å². The number of rotatable bonds is 5. The number of carbonyl (C=O) groups is 2. The maximum absolute atomic E-state index is 11.6. The van der Waals surface area contributed by atoms with E-state index in [1.54, 1.807) is 26.0 Å². The molecular formula is C14H19NO4. The molecule has 0 unspecified atom stereocenters. The Balaban J connectivity index is 2.48. The molecule has 19 heavy (non-hydrogen) atoms. The Morgan fingerprint density at radius 1 is 1.42 bits per heavy atom. The van der Waals surface area contributed by atoms with Gasteiger partial charge in [0.25, 0.3) is 0 Å². The second-order valence-corrected chi connectivity index (χ2v) is 4.88. The summed E-state index contributed by atoms with van der Waals surface area (Å²) in [4.78, 5) is 23.0. The third-order valence-corrected chi connectivity index (χ3v) is 2.60. The average molecular weight is 265 g/mol. The molecule has 0 aliphatic heterocycles. The van der Waals surface area contributed by atoms with Gasteiger partial charge in [-0.1, -0.05) is 0 Å². The van der Waals surface area contributed by atoms with Crippen LogP contribution in [0.5, 0.6) is 0 Å². The van der Waals surface area contributed by atoms with Crippen molar-refractivity contribution >= 4 is 18.0 Å².